The first kappa shape index (κ1) is 14.9. The number of hydrogen-bond donors (Lipinski definition) is 1. The number of carbonyl (C=O) groups is 1. The van der Waals surface area contributed by atoms with Crippen LogP contribution in [-0.2, 0) is 0 Å². The van der Waals surface area contributed by atoms with Gasteiger partial charge in [-0.25, -0.2) is 9.97 Å². The van der Waals surface area contributed by atoms with E-state index in [0.29, 0.717) is 28.0 Å². The summed E-state index contributed by atoms with van der Waals surface area (Å²) in [6, 6.07) is 9.28. The second-order valence-electron chi connectivity index (χ2n) is 6.43. The van der Waals surface area contributed by atoms with E-state index in [9.17, 15) is 4.79 Å². The molecule has 1 N–H and O–H groups in total. The molecule has 0 spiro atoms. The van der Waals surface area contributed by atoms with Crippen molar-refractivity contribution in [3.8, 4) is 17.3 Å². The van der Waals surface area contributed by atoms with Crippen LogP contribution in [0.1, 0.15) is 36.7 Å². The number of Topliss-reactive ketones (excluding diaryl/α,β-unsaturated/α-hetero) is 1. The van der Waals surface area contributed by atoms with Crippen LogP contribution < -0.4 is 0 Å². The number of ketones is 1. The standard InChI is InChI=1S/C18H16N4O/c1-18(2,3)16(23)13-9-20-17-15(13)22-14(10-21-17)12-6-4-5-11(7-12)8-19/h4-7,9-10H,1-3H3,(H,20,21). The number of nitrogens with one attached hydrogen (secondary N) is 1. The molecule has 0 aliphatic rings. The topological polar surface area (TPSA) is 82.4 Å². The predicted molar refractivity (Wildman–Crippen MR) is 87.8 cm³/mol. The molecule has 0 atom stereocenters. The van der Waals surface area contributed by atoms with Gasteiger partial charge < -0.3 is 4.98 Å². The maximum Gasteiger partial charge on any atom is 0.171 e. The lowest BCUT2D eigenvalue weighted by Gasteiger charge is -2.15. The summed E-state index contributed by atoms with van der Waals surface area (Å²) in [5.41, 5.74) is 3.18. The fourth-order valence-electron chi connectivity index (χ4n) is 2.36. The minimum absolute atomic E-state index is 0.0148. The van der Waals surface area contributed by atoms with Crippen LogP contribution in [-0.4, -0.2) is 20.7 Å². The Labute approximate surface area is 134 Å². The van der Waals surface area contributed by atoms with Crippen molar-refractivity contribution in [2.75, 3.05) is 0 Å². The number of nitrogens with zero attached hydrogens (tertiary/aromatic N) is 3. The molecule has 114 valence electrons. The van der Waals surface area contributed by atoms with Gasteiger partial charge in [-0.05, 0) is 12.1 Å². The van der Waals surface area contributed by atoms with Crippen molar-refractivity contribution in [1.82, 2.24) is 15.0 Å². The number of rotatable bonds is 2. The van der Waals surface area contributed by atoms with Crippen LogP contribution in [0.25, 0.3) is 22.4 Å². The summed E-state index contributed by atoms with van der Waals surface area (Å²) < 4.78 is 0. The smallest absolute Gasteiger partial charge is 0.171 e. The van der Waals surface area contributed by atoms with Gasteiger partial charge in [0, 0.05) is 17.2 Å². The summed E-state index contributed by atoms with van der Waals surface area (Å²) >= 11 is 0. The highest BCUT2D eigenvalue weighted by Gasteiger charge is 2.26. The van der Waals surface area contributed by atoms with E-state index in [1.807, 2.05) is 26.8 Å². The Morgan fingerprint density at radius 2 is 2.09 bits per heavy atom. The molecule has 0 saturated heterocycles. The monoisotopic (exact) mass is 304 g/mol. The molecule has 3 rings (SSSR count). The second kappa shape index (κ2) is 5.33. The summed E-state index contributed by atoms with van der Waals surface area (Å²) in [4.78, 5) is 24.5. The highest BCUT2D eigenvalue weighted by Crippen LogP contribution is 2.27. The van der Waals surface area contributed by atoms with Crippen molar-refractivity contribution in [3.05, 3.63) is 47.8 Å². The molecular weight excluding hydrogens is 288 g/mol. The fraction of sp³-hybridized carbons (Fsp3) is 0.222. The molecule has 0 aliphatic carbocycles. The van der Waals surface area contributed by atoms with Crippen molar-refractivity contribution in [2.45, 2.75) is 20.8 Å². The molecule has 0 fully saturated rings. The first-order valence-corrected chi connectivity index (χ1v) is 7.29. The molecule has 2 heterocycles. The van der Waals surface area contributed by atoms with Crippen LogP contribution >= 0.6 is 0 Å². The zero-order valence-corrected chi connectivity index (χ0v) is 13.2. The zero-order chi connectivity index (χ0) is 16.6. The van der Waals surface area contributed by atoms with Crippen molar-refractivity contribution in [3.63, 3.8) is 0 Å². The number of nitriles is 1. The minimum atomic E-state index is -0.493. The lowest BCUT2D eigenvalue weighted by atomic mass is 9.87. The highest BCUT2D eigenvalue weighted by atomic mass is 16.1. The van der Waals surface area contributed by atoms with Crippen LogP contribution in [0.15, 0.2) is 36.7 Å². The Balaban J connectivity index is 2.15. The van der Waals surface area contributed by atoms with Gasteiger partial charge in [-0.15, -0.1) is 0 Å². The van der Waals surface area contributed by atoms with E-state index in [2.05, 4.69) is 21.0 Å². The lowest BCUT2D eigenvalue weighted by molar-refractivity contribution is 0.0860. The van der Waals surface area contributed by atoms with E-state index in [-0.39, 0.29) is 5.78 Å². The molecule has 5 heteroatoms. The summed E-state index contributed by atoms with van der Waals surface area (Å²) in [6.45, 7) is 5.63. The van der Waals surface area contributed by atoms with E-state index < -0.39 is 5.41 Å². The van der Waals surface area contributed by atoms with Gasteiger partial charge in [0.1, 0.15) is 5.52 Å². The molecule has 0 unspecified atom stereocenters. The lowest BCUT2D eigenvalue weighted by Crippen LogP contribution is -2.20. The molecule has 23 heavy (non-hydrogen) atoms. The third kappa shape index (κ3) is 2.71. The Kier molecular flexibility index (Phi) is 3.45. The normalized spacial score (nSPS) is 11.4. The Morgan fingerprint density at radius 1 is 1.30 bits per heavy atom. The first-order valence-electron chi connectivity index (χ1n) is 7.29. The average molecular weight is 304 g/mol. The summed E-state index contributed by atoms with van der Waals surface area (Å²) in [6.07, 6.45) is 3.30. The van der Waals surface area contributed by atoms with Gasteiger partial charge in [-0.2, -0.15) is 5.26 Å². The van der Waals surface area contributed by atoms with E-state index in [1.54, 1.807) is 30.6 Å². The molecule has 3 aromatic rings. The third-order valence-electron chi connectivity index (χ3n) is 3.59. The molecular formula is C18H16N4O. The van der Waals surface area contributed by atoms with E-state index in [1.165, 1.54) is 0 Å². The summed E-state index contributed by atoms with van der Waals surface area (Å²) in [5.74, 6) is 0.0148. The molecule has 0 amide bonds. The maximum absolute atomic E-state index is 12.6. The van der Waals surface area contributed by atoms with E-state index in [4.69, 9.17) is 5.26 Å². The quantitative estimate of drug-likeness (QED) is 0.731. The van der Waals surface area contributed by atoms with E-state index in [0.717, 1.165) is 5.56 Å². The summed E-state index contributed by atoms with van der Waals surface area (Å²) in [7, 11) is 0. The number of fused-ring (bicyclic) bond motifs is 1. The van der Waals surface area contributed by atoms with Crippen molar-refractivity contribution in [1.29, 1.82) is 5.26 Å². The Hall–Kier alpha value is -3.00. The predicted octanol–water partition coefficient (Wildman–Crippen LogP) is 3.73. The van der Waals surface area contributed by atoms with Gasteiger partial charge in [-0.3, -0.25) is 4.79 Å². The molecule has 0 saturated carbocycles. The van der Waals surface area contributed by atoms with Crippen LogP contribution in [0.5, 0.6) is 0 Å². The molecule has 1 aromatic carbocycles. The van der Waals surface area contributed by atoms with Crippen molar-refractivity contribution < 1.29 is 4.79 Å². The number of aromatic amines is 1. The van der Waals surface area contributed by atoms with Crippen molar-refractivity contribution >= 4 is 16.9 Å². The fourth-order valence-corrected chi connectivity index (χ4v) is 2.36. The SMILES string of the molecule is CC(C)(C)C(=O)c1c[nH]c2ncc(-c3cccc(C#N)c3)nc12. The number of carbonyl (C=O) groups excluding carboxylic acids is 1. The molecule has 0 bridgehead atoms. The number of hydrogen-bond acceptors (Lipinski definition) is 4. The van der Waals surface area contributed by atoms with Gasteiger partial charge in [0.25, 0.3) is 0 Å². The zero-order valence-electron chi connectivity index (χ0n) is 13.2. The summed E-state index contributed by atoms with van der Waals surface area (Å²) in [5, 5.41) is 9.02. The van der Waals surface area contributed by atoms with Gasteiger partial charge >= 0.3 is 0 Å². The van der Waals surface area contributed by atoms with E-state index >= 15 is 0 Å². The Morgan fingerprint density at radius 3 is 2.78 bits per heavy atom. The van der Waals surface area contributed by atoms with Crippen LogP contribution in [0.2, 0.25) is 0 Å². The maximum atomic E-state index is 12.6. The largest absolute Gasteiger partial charge is 0.344 e. The molecule has 0 radical (unpaired) electrons. The number of aromatic nitrogens is 3. The second-order valence-corrected chi connectivity index (χ2v) is 6.43. The van der Waals surface area contributed by atoms with Gasteiger partial charge in [0.05, 0.1) is 29.1 Å². The Bertz CT molecular complexity index is 942. The van der Waals surface area contributed by atoms with Crippen molar-refractivity contribution in [2.24, 2.45) is 5.41 Å². The molecule has 0 aliphatic heterocycles. The van der Waals surface area contributed by atoms with Gasteiger partial charge in [0.2, 0.25) is 0 Å². The number of H-pyrrole nitrogens is 1. The minimum Gasteiger partial charge on any atom is -0.344 e. The van der Waals surface area contributed by atoms with Crippen LogP contribution in [0, 0.1) is 16.7 Å². The van der Waals surface area contributed by atoms with Crippen LogP contribution in [0.3, 0.4) is 0 Å². The average Bonchev–Trinajstić information content (AvgIpc) is 2.96. The van der Waals surface area contributed by atoms with Gasteiger partial charge in [0.15, 0.2) is 11.4 Å². The first-order chi connectivity index (χ1) is 10.9. The highest BCUT2D eigenvalue weighted by molar-refractivity contribution is 6.08. The third-order valence-corrected chi connectivity index (χ3v) is 3.59. The van der Waals surface area contributed by atoms with Crippen LogP contribution in [0.4, 0.5) is 0 Å². The van der Waals surface area contributed by atoms with Gasteiger partial charge in [-0.1, -0.05) is 32.9 Å². The number of benzene rings is 1. The molecule has 2 aromatic heterocycles. The molecule has 5 nitrogen and oxygen atoms in total.